The van der Waals surface area contributed by atoms with Crippen molar-refractivity contribution in [3.05, 3.63) is 107 Å². The van der Waals surface area contributed by atoms with Crippen LogP contribution in [0.25, 0.3) is 16.9 Å². The van der Waals surface area contributed by atoms with Gasteiger partial charge in [-0.1, -0.05) is 48.0 Å². The Morgan fingerprint density at radius 1 is 1.00 bits per heavy atom. The maximum absolute atomic E-state index is 13.4. The zero-order valence-corrected chi connectivity index (χ0v) is 19.2. The van der Waals surface area contributed by atoms with Crippen LogP contribution >= 0.6 is 0 Å². The number of halogens is 1. The van der Waals surface area contributed by atoms with Crippen LogP contribution in [0.3, 0.4) is 0 Å². The van der Waals surface area contributed by atoms with Gasteiger partial charge in [-0.25, -0.2) is 9.07 Å². The Labute approximate surface area is 194 Å². The van der Waals surface area contributed by atoms with Crippen molar-refractivity contribution < 1.29 is 9.18 Å². The lowest BCUT2D eigenvalue weighted by Crippen LogP contribution is -2.34. The van der Waals surface area contributed by atoms with Gasteiger partial charge in [0.25, 0.3) is 5.91 Å². The summed E-state index contributed by atoms with van der Waals surface area (Å²) in [7, 11) is 0. The molecule has 0 aliphatic rings. The van der Waals surface area contributed by atoms with E-state index in [2.05, 4.69) is 23.5 Å². The number of benzene rings is 3. The van der Waals surface area contributed by atoms with Crippen LogP contribution in [0, 0.1) is 19.7 Å². The first-order valence-electron chi connectivity index (χ1n) is 11.2. The second kappa shape index (κ2) is 9.82. The largest absolute Gasteiger partial charge is 0.348 e. The number of hydrogen-bond donors (Lipinski definition) is 1. The Hall–Kier alpha value is -3.73. The summed E-state index contributed by atoms with van der Waals surface area (Å²) >= 11 is 0. The van der Waals surface area contributed by atoms with Crippen LogP contribution in [0.2, 0.25) is 0 Å². The maximum atomic E-state index is 13.4. The Kier molecular flexibility index (Phi) is 6.68. The molecule has 0 aliphatic heterocycles. The number of hydrogen-bond acceptors (Lipinski definition) is 2. The molecule has 0 fully saturated rings. The van der Waals surface area contributed by atoms with E-state index in [1.165, 1.54) is 17.7 Å². The number of amides is 1. The zero-order chi connectivity index (χ0) is 23.4. The van der Waals surface area contributed by atoms with E-state index >= 15 is 0 Å². The van der Waals surface area contributed by atoms with E-state index in [1.54, 1.807) is 22.9 Å². The molecule has 5 heteroatoms. The molecule has 3 aromatic carbocycles. The van der Waals surface area contributed by atoms with Crippen molar-refractivity contribution in [1.82, 2.24) is 15.1 Å². The van der Waals surface area contributed by atoms with E-state index in [1.807, 2.05) is 51.1 Å². The fraction of sp³-hybridized carbons (Fsp3) is 0.214. The molecule has 1 atom stereocenters. The topological polar surface area (TPSA) is 46.9 Å². The van der Waals surface area contributed by atoms with Gasteiger partial charge in [0, 0.05) is 11.6 Å². The predicted molar refractivity (Wildman–Crippen MR) is 130 cm³/mol. The number of nitrogens with one attached hydrogen (secondary N) is 1. The lowest BCUT2D eigenvalue weighted by atomic mass is 10.1. The Morgan fingerprint density at radius 2 is 1.73 bits per heavy atom. The van der Waals surface area contributed by atoms with Crippen LogP contribution in [0.4, 0.5) is 4.39 Å². The fourth-order valence-electron chi connectivity index (χ4n) is 3.93. The van der Waals surface area contributed by atoms with Gasteiger partial charge in [-0.15, -0.1) is 0 Å². The van der Waals surface area contributed by atoms with Crippen LogP contribution in [0.15, 0.2) is 78.9 Å². The molecule has 4 nitrogen and oxygen atoms in total. The summed E-state index contributed by atoms with van der Waals surface area (Å²) in [6, 6.07) is 24.2. The number of rotatable bonds is 7. The van der Waals surface area contributed by atoms with E-state index in [9.17, 15) is 9.18 Å². The van der Waals surface area contributed by atoms with Crippen LogP contribution in [0.5, 0.6) is 0 Å². The summed E-state index contributed by atoms with van der Waals surface area (Å²) in [5.41, 5.74) is 6.09. The van der Waals surface area contributed by atoms with E-state index < -0.39 is 0 Å². The van der Waals surface area contributed by atoms with Crippen LogP contribution in [0.1, 0.15) is 40.5 Å². The first kappa shape index (κ1) is 22.5. The van der Waals surface area contributed by atoms with Gasteiger partial charge in [0.2, 0.25) is 0 Å². The molecule has 4 aromatic rings. The van der Waals surface area contributed by atoms with E-state index in [0.29, 0.717) is 11.4 Å². The third kappa shape index (κ3) is 5.37. The second-order valence-corrected chi connectivity index (χ2v) is 8.52. The van der Waals surface area contributed by atoms with Gasteiger partial charge >= 0.3 is 0 Å². The molecule has 0 spiro atoms. The smallest absolute Gasteiger partial charge is 0.270 e. The summed E-state index contributed by atoms with van der Waals surface area (Å²) < 4.78 is 15.1. The Balaban J connectivity index is 1.62. The molecule has 168 valence electrons. The summed E-state index contributed by atoms with van der Waals surface area (Å²) in [4.78, 5) is 13.3. The normalized spacial score (nSPS) is 11.9. The standard InChI is InChI=1S/C28H28FN3O/c1-19-9-16-26(20(2)17-19)32-27(18-25(31-32)23-12-14-24(29)15-13-23)28(33)30-21(3)10-11-22-7-5-4-6-8-22/h4-9,12-18,21H,10-11H2,1-3H3,(H,30,33). The number of nitrogens with zero attached hydrogens (tertiary/aromatic N) is 2. The monoisotopic (exact) mass is 441 g/mol. The summed E-state index contributed by atoms with van der Waals surface area (Å²) in [5.74, 6) is -0.492. The molecule has 33 heavy (non-hydrogen) atoms. The SMILES string of the molecule is Cc1ccc(-n2nc(-c3ccc(F)cc3)cc2C(=O)NC(C)CCc2ccccc2)c(C)c1. The van der Waals surface area contributed by atoms with Crippen LogP contribution in [-0.4, -0.2) is 21.7 Å². The van der Waals surface area contributed by atoms with Gasteiger partial charge < -0.3 is 5.32 Å². The van der Waals surface area contributed by atoms with Gasteiger partial charge in [0.05, 0.1) is 11.4 Å². The minimum absolute atomic E-state index is 0.00515. The maximum Gasteiger partial charge on any atom is 0.270 e. The molecule has 0 bridgehead atoms. The minimum Gasteiger partial charge on any atom is -0.348 e. The third-order valence-corrected chi connectivity index (χ3v) is 5.75. The molecule has 0 radical (unpaired) electrons. The summed E-state index contributed by atoms with van der Waals surface area (Å²) in [5, 5.41) is 7.85. The van der Waals surface area contributed by atoms with E-state index in [-0.39, 0.29) is 17.8 Å². The molecule has 0 aliphatic carbocycles. The summed E-state index contributed by atoms with van der Waals surface area (Å²) in [6.07, 6.45) is 1.72. The Bertz CT molecular complexity index is 1250. The molecule has 0 saturated heterocycles. The first-order valence-corrected chi connectivity index (χ1v) is 11.2. The third-order valence-electron chi connectivity index (χ3n) is 5.75. The first-order chi connectivity index (χ1) is 15.9. The van der Waals surface area contributed by atoms with Crippen molar-refractivity contribution in [2.45, 2.75) is 39.7 Å². The Morgan fingerprint density at radius 3 is 2.42 bits per heavy atom. The molecule has 1 unspecified atom stereocenters. The van der Waals surface area contributed by atoms with Gasteiger partial charge in [-0.2, -0.15) is 5.10 Å². The lowest BCUT2D eigenvalue weighted by Gasteiger charge is -2.15. The van der Waals surface area contributed by atoms with Gasteiger partial charge in [0.1, 0.15) is 11.5 Å². The highest BCUT2D eigenvalue weighted by Gasteiger charge is 2.20. The minimum atomic E-state index is -0.308. The molecule has 1 aromatic heterocycles. The highest BCUT2D eigenvalue weighted by molar-refractivity contribution is 5.94. The quantitative estimate of drug-likeness (QED) is 0.380. The molecular weight excluding hydrogens is 413 g/mol. The molecule has 1 amide bonds. The van der Waals surface area contributed by atoms with E-state index in [0.717, 1.165) is 35.2 Å². The van der Waals surface area contributed by atoms with Crippen molar-refractivity contribution in [2.24, 2.45) is 0 Å². The number of aryl methyl sites for hydroxylation is 3. The molecular formula is C28H28FN3O. The number of carbonyl (C=O) groups excluding carboxylic acids is 1. The second-order valence-electron chi connectivity index (χ2n) is 8.52. The number of aromatic nitrogens is 2. The lowest BCUT2D eigenvalue weighted by molar-refractivity contribution is 0.0930. The zero-order valence-electron chi connectivity index (χ0n) is 19.2. The van der Waals surface area contributed by atoms with E-state index in [4.69, 9.17) is 5.10 Å². The van der Waals surface area contributed by atoms with Crippen molar-refractivity contribution in [1.29, 1.82) is 0 Å². The van der Waals surface area contributed by atoms with Gasteiger partial charge in [0.15, 0.2) is 0 Å². The average Bonchev–Trinajstić information content (AvgIpc) is 3.24. The molecule has 1 N–H and O–H groups in total. The summed E-state index contributed by atoms with van der Waals surface area (Å²) in [6.45, 7) is 6.05. The van der Waals surface area contributed by atoms with Crippen LogP contribution in [-0.2, 0) is 6.42 Å². The molecule has 4 rings (SSSR count). The van der Waals surface area contributed by atoms with Gasteiger partial charge in [-0.3, -0.25) is 4.79 Å². The molecule has 1 heterocycles. The fourth-order valence-corrected chi connectivity index (χ4v) is 3.93. The van der Waals surface area contributed by atoms with Crippen molar-refractivity contribution in [3.8, 4) is 16.9 Å². The van der Waals surface area contributed by atoms with Gasteiger partial charge in [-0.05, 0) is 81.1 Å². The predicted octanol–water partition coefficient (Wildman–Crippen LogP) is 6.05. The van der Waals surface area contributed by atoms with Crippen molar-refractivity contribution in [2.75, 3.05) is 0 Å². The average molecular weight is 442 g/mol. The van der Waals surface area contributed by atoms with Crippen molar-refractivity contribution >= 4 is 5.91 Å². The van der Waals surface area contributed by atoms with Crippen LogP contribution < -0.4 is 5.32 Å². The highest BCUT2D eigenvalue weighted by Crippen LogP contribution is 2.24. The number of carbonyl (C=O) groups is 1. The van der Waals surface area contributed by atoms with Crippen molar-refractivity contribution in [3.63, 3.8) is 0 Å². The highest BCUT2D eigenvalue weighted by atomic mass is 19.1. The molecule has 0 saturated carbocycles.